The summed E-state index contributed by atoms with van der Waals surface area (Å²) < 4.78 is 0. The van der Waals surface area contributed by atoms with E-state index in [0.717, 1.165) is 5.56 Å². The number of aryl methyl sites for hydroxylation is 1. The first-order valence-corrected chi connectivity index (χ1v) is 6.07. The third-order valence-corrected chi connectivity index (χ3v) is 2.94. The number of pyridine rings is 1. The fourth-order valence-corrected chi connectivity index (χ4v) is 1.90. The lowest BCUT2D eigenvalue weighted by Crippen LogP contribution is -2.06. The maximum atomic E-state index is 11.2. The van der Waals surface area contributed by atoms with E-state index in [1.807, 2.05) is 0 Å². The zero-order valence-corrected chi connectivity index (χ0v) is 11.3. The maximum absolute atomic E-state index is 11.2. The Hall–Kier alpha value is -2.58. The molecule has 2 N–H and O–H groups in total. The van der Waals surface area contributed by atoms with Crippen molar-refractivity contribution in [3.05, 3.63) is 52.2 Å². The number of carbonyl (C=O) groups is 1. The fraction of sp³-hybridized carbons (Fsp3) is 0.0714. The Morgan fingerprint density at radius 3 is 2.80 bits per heavy atom. The first-order chi connectivity index (χ1) is 9.52. The Balaban J connectivity index is 2.51. The number of nitrogens with zero attached hydrogens (tertiary/aromatic N) is 2. The average Bonchev–Trinajstić information content (AvgIpc) is 2.38. The van der Waals surface area contributed by atoms with Crippen LogP contribution in [0.1, 0.15) is 21.5 Å². The van der Waals surface area contributed by atoms with Crippen LogP contribution in [0.15, 0.2) is 30.3 Å². The van der Waals surface area contributed by atoms with Crippen LogP contribution >= 0.6 is 11.6 Å². The van der Waals surface area contributed by atoms with E-state index < -0.39 is 5.97 Å². The minimum Gasteiger partial charge on any atom is -0.478 e. The van der Waals surface area contributed by atoms with Crippen LogP contribution in [0.3, 0.4) is 0 Å². The number of hydrogen-bond acceptors (Lipinski definition) is 4. The van der Waals surface area contributed by atoms with E-state index in [1.54, 1.807) is 25.1 Å². The zero-order chi connectivity index (χ0) is 14.7. The van der Waals surface area contributed by atoms with Gasteiger partial charge in [-0.25, -0.2) is 9.78 Å². The molecule has 1 aromatic heterocycles. The molecular weight excluding hydrogens is 278 g/mol. The van der Waals surface area contributed by atoms with E-state index >= 15 is 0 Å². The molecule has 20 heavy (non-hydrogen) atoms. The molecule has 0 aliphatic rings. The highest BCUT2D eigenvalue weighted by molar-refractivity contribution is 6.29. The predicted molar refractivity (Wildman–Crippen MR) is 75.4 cm³/mol. The summed E-state index contributed by atoms with van der Waals surface area (Å²) in [6, 6.07) is 10.1. The Bertz CT molecular complexity index is 723. The lowest BCUT2D eigenvalue weighted by atomic mass is 10.1. The second kappa shape index (κ2) is 5.59. The van der Waals surface area contributed by atoms with E-state index in [4.69, 9.17) is 22.0 Å². The standard InChI is InChI=1S/C14H10ClN3O2/c1-8-3-2-4-11(10(8)7-16)17-13-9(14(19)20)5-6-12(15)18-13/h2-6H,1H3,(H,17,18)(H,19,20). The van der Waals surface area contributed by atoms with Crippen LogP contribution in [0.2, 0.25) is 5.15 Å². The van der Waals surface area contributed by atoms with Crippen molar-refractivity contribution in [1.29, 1.82) is 5.26 Å². The summed E-state index contributed by atoms with van der Waals surface area (Å²) in [6.07, 6.45) is 0. The number of carboxylic acids is 1. The molecule has 0 unspecified atom stereocenters. The normalized spacial score (nSPS) is 9.85. The summed E-state index contributed by atoms with van der Waals surface area (Å²) in [4.78, 5) is 15.1. The van der Waals surface area contributed by atoms with Crippen LogP contribution in [-0.2, 0) is 0 Å². The number of nitrogens with one attached hydrogen (secondary N) is 1. The number of benzene rings is 1. The van der Waals surface area contributed by atoms with Gasteiger partial charge in [0.2, 0.25) is 0 Å². The van der Waals surface area contributed by atoms with Crippen molar-refractivity contribution in [2.45, 2.75) is 6.92 Å². The van der Waals surface area contributed by atoms with Gasteiger partial charge in [0.1, 0.15) is 22.6 Å². The summed E-state index contributed by atoms with van der Waals surface area (Å²) in [5, 5.41) is 21.3. The molecule has 0 saturated heterocycles. The molecule has 1 heterocycles. The van der Waals surface area contributed by atoms with Gasteiger partial charge in [0.15, 0.2) is 0 Å². The average molecular weight is 288 g/mol. The topological polar surface area (TPSA) is 86.0 Å². The second-order valence-corrected chi connectivity index (χ2v) is 4.46. The number of nitriles is 1. The predicted octanol–water partition coefficient (Wildman–Crippen LogP) is 3.36. The first kappa shape index (κ1) is 13.8. The quantitative estimate of drug-likeness (QED) is 0.845. The summed E-state index contributed by atoms with van der Waals surface area (Å²) in [7, 11) is 0. The molecule has 5 nitrogen and oxygen atoms in total. The summed E-state index contributed by atoms with van der Waals surface area (Å²) in [5.74, 6) is -1.02. The molecule has 0 amide bonds. The van der Waals surface area contributed by atoms with E-state index in [0.29, 0.717) is 11.3 Å². The SMILES string of the molecule is Cc1cccc(Nc2nc(Cl)ccc2C(=O)O)c1C#N. The maximum Gasteiger partial charge on any atom is 0.339 e. The van der Waals surface area contributed by atoms with Gasteiger partial charge in [0.25, 0.3) is 0 Å². The van der Waals surface area contributed by atoms with Crippen molar-refractivity contribution in [3.63, 3.8) is 0 Å². The first-order valence-electron chi connectivity index (χ1n) is 5.69. The van der Waals surface area contributed by atoms with Gasteiger partial charge < -0.3 is 10.4 Å². The van der Waals surface area contributed by atoms with Crippen molar-refractivity contribution in [2.24, 2.45) is 0 Å². The molecule has 6 heteroatoms. The molecule has 2 rings (SSSR count). The summed E-state index contributed by atoms with van der Waals surface area (Å²) in [5.41, 5.74) is 1.70. The van der Waals surface area contributed by atoms with Crippen LogP contribution < -0.4 is 5.32 Å². The van der Waals surface area contributed by atoms with Gasteiger partial charge in [-0.05, 0) is 30.7 Å². The van der Waals surface area contributed by atoms with E-state index in [1.165, 1.54) is 12.1 Å². The molecule has 0 bridgehead atoms. The van der Waals surface area contributed by atoms with Crippen molar-refractivity contribution < 1.29 is 9.90 Å². The van der Waals surface area contributed by atoms with Gasteiger partial charge in [0, 0.05) is 0 Å². The molecule has 2 aromatic rings. The second-order valence-electron chi connectivity index (χ2n) is 4.07. The van der Waals surface area contributed by atoms with Gasteiger partial charge in [-0.15, -0.1) is 0 Å². The van der Waals surface area contributed by atoms with Crippen LogP contribution in [0.25, 0.3) is 0 Å². The molecule has 0 saturated carbocycles. The number of anilines is 2. The number of aromatic carboxylic acids is 1. The van der Waals surface area contributed by atoms with Crippen molar-refractivity contribution >= 4 is 29.1 Å². The Kier molecular flexibility index (Phi) is 3.87. The van der Waals surface area contributed by atoms with Gasteiger partial charge >= 0.3 is 5.97 Å². The number of aromatic nitrogens is 1. The van der Waals surface area contributed by atoms with Gasteiger partial charge in [-0.1, -0.05) is 23.7 Å². The monoisotopic (exact) mass is 287 g/mol. The Morgan fingerprint density at radius 2 is 2.15 bits per heavy atom. The number of rotatable bonds is 3. The van der Waals surface area contributed by atoms with E-state index in [-0.39, 0.29) is 16.5 Å². The molecule has 100 valence electrons. The van der Waals surface area contributed by atoms with Crippen molar-refractivity contribution in [3.8, 4) is 6.07 Å². The molecule has 0 aliphatic carbocycles. The van der Waals surface area contributed by atoms with Crippen LogP contribution in [0.5, 0.6) is 0 Å². The lowest BCUT2D eigenvalue weighted by molar-refractivity contribution is 0.0697. The molecule has 0 aliphatic heterocycles. The lowest BCUT2D eigenvalue weighted by Gasteiger charge is -2.11. The summed E-state index contributed by atoms with van der Waals surface area (Å²) in [6.45, 7) is 1.80. The highest BCUT2D eigenvalue weighted by Gasteiger charge is 2.14. The van der Waals surface area contributed by atoms with Gasteiger partial charge in [-0.2, -0.15) is 5.26 Å². The molecular formula is C14H10ClN3O2. The third-order valence-electron chi connectivity index (χ3n) is 2.73. The molecule has 0 atom stereocenters. The molecule has 0 radical (unpaired) electrons. The van der Waals surface area contributed by atoms with Crippen LogP contribution in [0, 0.1) is 18.3 Å². The van der Waals surface area contributed by atoms with Gasteiger partial charge in [-0.3, -0.25) is 0 Å². The van der Waals surface area contributed by atoms with Crippen LogP contribution in [-0.4, -0.2) is 16.1 Å². The minimum absolute atomic E-state index is 0.0141. The smallest absolute Gasteiger partial charge is 0.339 e. The van der Waals surface area contributed by atoms with Crippen molar-refractivity contribution in [1.82, 2.24) is 4.98 Å². The zero-order valence-electron chi connectivity index (χ0n) is 10.5. The minimum atomic E-state index is -1.12. The number of hydrogen-bond donors (Lipinski definition) is 2. The highest BCUT2D eigenvalue weighted by atomic mass is 35.5. The number of halogens is 1. The Labute approximate surface area is 120 Å². The van der Waals surface area contributed by atoms with Gasteiger partial charge in [0.05, 0.1) is 11.3 Å². The third kappa shape index (κ3) is 2.71. The Morgan fingerprint density at radius 1 is 1.40 bits per heavy atom. The van der Waals surface area contributed by atoms with E-state index in [9.17, 15) is 4.79 Å². The van der Waals surface area contributed by atoms with Crippen molar-refractivity contribution in [2.75, 3.05) is 5.32 Å². The molecule has 1 aromatic carbocycles. The highest BCUT2D eigenvalue weighted by Crippen LogP contribution is 2.25. The number of carboxylic acid groups (broad SMARTS) is 1. The largest absolute Gasteiger partial charge is 0.478 e. The molecule has 0 fully saturated rings. The van der Waals surface area contributed by atoms with Crippen LogP contribution in [0.4, 0.5) is 11.5 Å². The fourth-order valence-electron chi connectivity index (χ4n) is 1.75. The molecule has 0 spiro atoms. The summed E-state index contributed by atoms with van der Waals surface area (Å²) >= 11 is 5.78. The van der Waals surface area contributed by atoms with E-state index in [2.05, 4.69) is 16.4 Å².